The predicted molar refractivity (Wildman–Crippen MR) is 84.4 cm³/mol. The normalized spacial score (nSPS) is 12.1. The Morgan fingerprint density at radius 2 is 1.86 bits per heavy atom. The van der Waals surface area contributed by atoms with E-state index in [-0.39, 0.29) is 5.82 Å². The van der Waals surface area contributed by atoms with Crippen LogP contribution in [0.1, 0.15) is 22.7 Å². The smallest absolute Gasteiger partial charge is 0.141 e. The van der Waals surface area contributed by atoms with Gasteiger partial charge in [0.1, 0.15) is 21.8 Å². The van der Waals surface area contributed by atoms with Gasteiger partial charge in [-0.1, -0.05) is 12.1 Å². The third-order valence-corrected chi connectivity index (χ3v) is 4.16. The highest BCUT2D eigenvalue weighted by Gasteiger charge is 2.19. The van der Waals surface area contributed by atoms with Crippen LogP contribution in [0.25, 0.3) is 0 Å². The van der Waals surface area contributed by atoms with Gasteiger partial charge in [0.25, 0.3) is 0 Å². The SMILES string of the molecule is COc1ccc(C(N)c2ccc(C)c(F)c2)c(OC)c1Br. The molecule has 2 aromatic carbocycles. The van der Waals surface area contributed by atoms with Crippen LogP contribution in [0.2, 0.25) is 0 Å². The molecule has 0 aliphatic rings. The number of methoxy groups -OCH3 is 2. The quantitative estimate of drug-likeness (QED) is 0.904. The van der Waals surface area contributed by atoms with E-state index in [2.05, 4.69) is 15.9 Å². The van der Waals surface area contributed by atoms with Crippen molar-refractivity contribution in [1.29, 1.82) is 0 Å². The van der Waals surface area contributed by atoms with Gasteiger partial charge in [-0.15, -0.1) is 0 Å². The van der Waals surface area contributed by atoms with Gasteiger partial charge in [0.15, 0.2) is 0 Å². The molecule has 0 bridgehead atoms. The number of ether oxygens (including phenoxy) is 2. The highest BCUT2D eigenvalue weighted by molar-refractivity contribution is 9.10. The molecule has 1 unspecified atom stereocenters. The lowest BCUT2D eigenvalue weighted by Gasteiger charge is -2.19. The van der Waals surface area contributed by atoms with Gasteiger partial charge in [0, 0.05) is 5.56 Å². The van der Waals surface area contributed by atoms with Crippen molar-refractivity contribution in [1.82, 2.24) is 0 Å². The van der Waals surface area contributed by atoms with Crippen LogP contribution in [0.5, 0.6) is 11.5 Å². The fraction of sp³-hybridized carbons (Fsp3) is 0.250. The standard InChI is InChI=1S/C16H17BrFNO2/c1-9-4-5-10(8-12(9)18)15(19)11-6-7-13(20-2)14(17)16(11)21-3/h4-8,15H,19H2,1-3H3. The van der Waals surface area contributed by atoms with Crippen LogP contribution in [-0.4, -0.2) is 14.2 Å². The zero-order valence-electron chi connectivity index (χ0n) is 12.1. The first-order valence-electron chi connectivity index (χ1n) is 6.41. The molecule has 0 aliphatic heterocycles. The average molecular weight is 354 g/mol. The third kappa shape index (κ3) is 3.04. The van der Waals surface area contributed by atoms with E-state index in [4.69, 9.17) is 15.2 Å². The summed E-state index contributed by atoms with van der Waals surface area (Å²) in [4.78, 5) is 0. The second-order valence-electron chi connectivity index (χ2n) is 4.69. The summed E-state index contributed by atoms with van der Waals surface area (Å²) in [6.07, 6.45) is 0. The molecular weight excluding hydrogens is 337 g/mol. The lowest BCUT2D eigenvalue weighted by Crippen LogP contribution is -2.14. The van der Waals surface area contributed by atoms with E-state index in [1.54, 1.807) is 33.3 Å². The number of halogens is 2. The second kappa shape index (κ2) is 6.45. The van der Waals surface area contributed by atoms with Gasteiger partial charge in [-0.2, -0.15) is 0 Å². The minimum atomic E-state index is -0.489. The first-order valence-corrected chi connectivity index (χ1v) is 7.21. The van der Waals surface area contributed by atoms with Crippen molar-refractivity contribution in [2.75, 3.05) is 14.2 Å². The molecule has 3 nitrogen and oxygen atoms in total. The van der Waals surface area contributed by atoms with Crippen molar-refractivity contribution in [3.63, 3.8) is 0 Å². The van der Waals surface area contributed by atoms with Crippen molar-refractivity contribution in [3.05, 3.63) is 57.3 Å². The van der Waals surface area contributed by atoms with Crippen LogP contribution in [-0.2, 0) is 0 Å². The van der Waals surface area contributed by atoms with E-state index in [1.807, 2.05) is 12.1 Å². The van der Waals surface area contributed by atoms with E-state index in [1.165, 1.54) is 6.07 Å². The Balaban J connectivity index is 2.50. The molecular formula is C16H17BrFNO2. The summed E-state index contributed by atoms with van der Waals surface area (Å²) in [6.45, 7) is 1.72. The molecule has 0 saturated carbocycles. The number of hydrogen-bond donors (Lipinski definition) is 1. The molecule has 0 heterocycles. The van der Waals surface area contributed by atoms with E-state index in [9.17, 15) is 4.39 Å². The highest BCUT2D eigenvalue weighted by atomic mass is 79.9. The minimum Gasteiger partial charge on any atom is -0.495 e. The van der Waals surface area contributed by atoms with E-state index in [0.29, 0.717) is 27.1 Å². The van der Waals surface area contributed by atoms with Gasteiger partial charge in [-0.25, -0.2) is 4.39 Å². The summed E-state index contributed by atoms with van der Waals surface area (Å²) in [6, 6.07) is 8.13. The van der Waals surface area contributed by atoms with Gasteiger partial charge in [0.05, 0.1) is 20.3 Å². The Morgan fingerprint density at radius 3 is 2.43 bits per heavy atom. The molecule has 0 aromatic heterocycles. The van der Waals surface area contributed by atoms with Crippen molar-refractivity contribution < 1.29 is 13.9 Å². The Bertz CT molecular complexity index is 661. The van der Waals surface area contributed by atoms with Gasteiger partial charge in [-0.05, 0) is 52.2 Å². The number of benzene rings is 2. The second-order valence-corrected chi connectivity index (χ2v) is 5.48. The Labute approximate surface area is 132 Å². The van der Waals surface area contributed by atoms with Crippen LogP contribution in [0.3, 0.4) is 0 Å². The molecule has 2 aromatic rings. The van der Waals surface area contributed by atoms with Crippen LogP contribution in [0, 0.1) is 12.7 Å². The maximum absolute atomic E-state index is 13.7. The van der Waals surface area contributed by atoms with Crippen molar-refractivity contribution in [3.8, 4) is 11.5 Å². The monoisotopic (exact) mass is 353 g/mol. The first-order chi connectivity index (χ1) is 9.99. The van der Waals surface area contributed by atoms with Crippen molar-refractivity contribution in [2.24, 2.45) is 5.73 Å². The fourth-order valence-corrected chi connectivity index (χ4v) is 2.83. The lowest BCUT2D eigenvalue weighted by molar-refractivity contribution is 0.385. The summed E-state index contributed by atoms with van der Waals surface area (Å²) in [5, 5.41) is 0. The molecule has 5 heteroatoms. The van der Waals surface area contributed by atoms with E-state index in [0.717, 1.165) is 5.56 Å². The molecule has 0 aliphatic carbocycles. The highest BCUT2D eigenvalue weighted by Crippen LogP contribution is 2.40. The maximum atomic E-state index is 13.7. The van der Waals surface area contributed by atoms with Crippen LogP contribution in [0.4, 0.5) is 4.39 Å². The van der Waals surface area contributed by atoms with Crippen molar-refractivity contribution >= 4 is 15.9 Å². The first kappa shape index (κ1) is 15.8. The Hall–Kier alpha value is -1.59. The number of hydrogen-bond acceptors (Lipinski definition) is 3. The van der Waals surface area contributed by atoms with Gasteiger partial charge in [0.2, 0.25) is 0 Å². The largest absolute Gasteiger partial charge is 0.495 e. The van der Waals surface area contributed by atoms with Crippen molar-refractivity contribution in [2.45, 2.75) is 13.0 Å². The Morgan fingerprint density at radius 1 is 1.14 bits per heavy atom. The summed E-state index contributed by atoms with van der Waals surface area (Å²) in [5.74, 6) is 0.968. The zero-order chi connectivity index (χ0) is 15.6. The lowest BCUT2D eigenvalue weighted by atomic mass is 9.97. The summed E-state index contributed by atoms with van der Waals surface area (Å²) in [5.41, 5.74) is 8.30. The molecule has 21 heavy (non-hydrogen) atoms. The van der Waals surface area contributed by atoms with E-state index < -0.39 is 6.04 Å². The molecule has 2 rings (SSSR count). The molecule has 2 N–H and O–H groups in total. The summed E-state index contributed by atoms with van der Waals surface area (Å²) < 4.78 is 25.1. The molecule has 1 atom stereocenters. The van der Waals surface area contributed by atoms with Gasteiger partial charge in [-0.3, -0.25) is 0 Å². The molecule has 0 spiro atoms. The molecule has 0 amide bonds. The average Bonchev–Trinajstić information content (AvgIpc) is 2.49. The fourth-order valence-electron chi connectivity index (χ4n) is 2.15. The predicted octanol–water partition coefficient (Wildman–Crippen LogP) is 3.96. The Kier molecular flexibility index (Phi) is 4.85. The van der Waals surface area contributed by atoms with Gasteiger partial charge < -0.3 is 15.2 Å². The topological polar surface area (TPSA) is 44.5 Å². The zero-order valence-corrected chi connectivity index (χ0v) is 13.7. The molecule has 0 radical (unpaired) electrons. The summed E-state index contributed by atoms with van der Waals surface area (Å²) in [7, 11) is 3.14. The number of nitrogens with two attached hydrogens (primary N) is 1. The van der Waals surface area contributed by atoms with E-state index >= 15 is 0 Å². The molecule has 0 fully saturated rings. The third-order valence-electron chi connectivity index (χ3n) is 3.41. The number of aryl methyl sites for hydroxylation is 1. The maximum Gasteiger partial charge on any atom is 0.141 e. The molecule has 112 valence electrons. The van der Waals surface area contributed by atoms with Gasteiger partial charge >= 0.3 is 0 Å². The summed E-state index contributed by atoms with van der Waals surface area (Å²) >= 11 is 3.44. The van der Waals surface area contributed by atoms with Crippen LogP contribution in [0.15, 0.2) is 34.8 Å². The minimum absolute atomic E-state index is 0.269. The van der Waals surface area contributed by atoms with Crippen LogP contribution >= 0.6 is 15.9 Å². The number of rotatable bonds is 4. The van der Waals surface area contributed by atoms with Crippen LogP contribution < -0.4 is 15.2 Å². The molecule has 0 saturated heterocycles.